The Hall–Kier alpha value is -10.6. The fourth-order valence-electron chi connectivity index (χ4n) is 6.87. The number of nitrogens with one attached hydrogen (secondary N) is 2. The lowest BCUT2D eigenvalue weighted by molar-refractivity contribution is -0.131. The van der Waals surface area contributed by atoms with E-state index in [2.05, 4.69) is 71.2 Å². The maximum Gasteiger partial charge on any atom is 0.328 e. The van der Waals surface area contributed by atoms with Crippen LogP contribution in [0.3, 0.4) is 0 Å². The van der Waals surface area contributed by atoms with Crippen molar-refractivity contribution in [3.63, 3.8) is 0 Å². The van der Waals surface area contributed by atoms with Gasteiger partial charge >= 0.3 is 5.97 Å². The maximum absolute atomic E-state index is 11.7. The molecule has 31 heteroatoms. The lowest BCUT2D eigenvalue weighted by Gasteiger charge is -2.10. The second-order valence-corrected chi connectivity index (χ2v) is 19.0. The average molecular weight is 1300 g/mol. The van der Waals surface area contributed by atoms with Crippen molar-refractivity contribution in [3.8, 4) is 57.8 Å². The summed E-state index contributed by atoms with van der Waals surface area (Å²) in [4.78, 5) is 68.3. The molecule has 0 unspecified atom stereocenters. The topological polar surface area (TPSA) is 352 Å². The smallest absolute Gasteiger partial charge is 0.328 e. The van der Waals surface area contributed by atoms with Gasteiger partial charge in [0.05, 0.1) is 59.3 Å². The molecule has 0 aliphatic heterocycles. The van der Waals surface area contributed by atoms with Gasteiger partial charge in [-0.25, -0.2) is 30.6 Å². The predicted octanol–water partition coefficient (Wildman–Crippen LogP) is 10.1. The van der Waals surface area contributed by atoms with E-state index in [0.29, 0.717) is 107 Å². The van der Waals surface area contributed by atoms with Crippen molar-refractivity contribution in [2.45, 2.75) is 0 Å². The zero-order chi connectivity index (χ0) is 63.7. The Balaban J connectivity index is 0.000000178. The van der Waals surface area contributed by atoms with Gasteiger partial charge in [0.15, 0.2) is 23.3 Å². The fourth-order valence-corrected chi connectivity index (χ4v) is 7.56. The number of amides is 1. The molecule has 8 aromatic heterocycles. The summed E-state index contributed by atoms with van der Waals surface area (Å²) in [6.07, 6.45) is 15.1. The highest BCUT2D eigenvalue weighted by Gasteiger charge is 2.18. The third-order valence-corrected chi connectivity index (χ3v) is 12.2. The van der Waals surface area contributed by atoms with Crippen molar-refractivity contribution in [2.75, 3.05) is 27.9 Å². The zero-order valence-electron chi connectivity index (χ0n) is 46.4. The Bertz CT molecular complexity index is 4180. The van der Waals surface area contributed by atoms with Crippen molar-refractivity contribution in [2.24, 2.45) is 10.8 Å². The number of para-hydroxylation sites is 2. The molecule has 0 fully saturated rings. The molecule has 0 saturated heterocycles. The molecule has 0 bridgehead atoms. The number of benzene rings is 2. The van der Waals surface area contributed by atoms with Gasteiger partial charge in [-0.3, -0.25) is 28.9 Å². The molecule has 8 heterocycles. The number of allylic oxidation sites excluding steroid dienone is 1. The Morgan fingerprint density at radius 1 is 0.629 bits per heavy atom. The lowest BCUT2D eigenvalue weighted by atomic mass is 10.2. The summed E-state index contributed by atoms with van der Waals surface area (Å²) in [5, 5.41) is 36.6. The van der Waals surface area contributed by atoms with E-state index in [1.165, 1.54) is 51.9 Å². The van der Waals surface area contributed by atoms with Crippen molar-refractivity contribution in [3.05, 3.63) is 207 Å². The van der Waals surface area contributed by atoms with Crippen LogP contribution in [0, 0.1) is 0 Å². The number of pyridine rings is 5. The van der Waals surface area contributed by atoms with Crippen LogP contribution < -0.4 is 30.8 Å². The van der Waals surface area contributed by atoms with Crippen LogP contribution in [-0.2, 0) is 14.4 Å². The largest absolute Gasteiger partial charge is 0.481 e. The number of hydrogen-bond acceptors (Lipinski definition) is 22. The molecule has 10 rings (SSSR count). The van der Waals surface area contributed by atoms with Gasteiger partial charge in [0.25, 0.3) is 5.91 Å². The number of aromatic nitrogens is 12. The molecular formula is C58H45Cl5N16O10. The number of nitrogens with two attached hydrogens (primary N) is 1. The molecule has 5 N–H and O–H groups in total. The number of carboxylic acid groups (broad SMARTS) is 1. The number of ketones is 1. The highest BCUT2D eigenvalue weighted by molar-refractivity contribution is 6.66. The minimum Gasteiger partial charge on any atom is -0.481 e. The number of methoxy groups -OCH3 is 3. The van der Waals surface area contributed by atoms with E-state index in [1.807, 2.05) is 30.3 Å². The molecule has 452 valence electrons. The SMILES string of the molecule is COc1cc(-c2nnc(/C=C/C(=O)Cl)o2)ccn1.COc1cc(-c2nnc(/C=C/c3nnc(-c4ccc(Cl)cn4)n3-c3ccccc3Cl)o2)ccn1.COc1cc(C(=O)NCC(=O)/C=C\C(=O)O)ccn1.NNC(=Nc1ccccc1Cl)c1ccc(Cl)cn1. The number of hydrogen-bond donors (Lipinski definition) is 4. The highest BCUT2D eigenvalue weighted by atomic mass is 35.5. The van der Waals surface area contributed by atoms with Gasteiger partial charge in [-0.05, 0) is 90.5 Å². The molecule has 0 aliphatic carbocycles. The van der Waals surface area contributed by atoms with Crippen molar-refractivity contribution < 1.29 is 47.3 Å². The molecule has 0 aliphatic rings. The number of ether oxygens (including phenoxy) is 3. The van der Waals surface area contributed by atoms with Crippen molar-refractivity contribution in [1.29, 1.82) is 0 Å². The second kappa shape index (κ2) is 33.3. The third kappa shape index (κ3) is 20.0. The first-order valence-corrected chi connectivity index (χ1v) is 27.1. The van der Waals surface area contributed by atoms with E-state index >= 15 is 0 Å². The van der Waals surface area contributed by atoms with Crippen molar-refractivity contribution >= 4 is 111 Å². The molecule has 26 nitrogen and oxygen atoms in total. The zero-order valence-corrected chi connectivity index (χ0v) is 50.1. The molecule has 89 heavy (non-hydrogen) atoms. The van der Waals surface area contributed by atoms with Crippen LogP contribution in [0.2, 0.25) is 20.1 Å². The summed E-state index contributed by atoms with van der Waals surface area (Å²) in [7, 11) is 4.47. The van der Waals surface area contributed by atoms with Gasteiger partial charge in [0, 0.05) is 90.2 Å². The number of rotatable bonds is 18. The lowest BCUT2D eigenvalue weighted by Crippen LogP contribution is -2.31. The van der Waals surface area contributed by atoms with Crippen LogP contribution in [0.1, 0.15) is 33.7 Å². The van der Waals surface area contributed by atoms with E-state index in [4.69, 9.17) is 92.0 Å². The molecule has 0 radical (unpaired) electrons. The standard InChI is InChI=1S/C23H15Cl2N7O2.C12H10Cl2N4.C12H12N2O5.C11H8ClN3O3/c1-33-21-12-14(10-11-26-21)23-31-29-20(34-23)9-8-19-28-30-22(17-7-6-15(24)13-27-17)32(19)18-5-3-2-4-16(18)25;13-8-5-6-11(16-7-8)12(18-15)17-10-4-2-1-3-9(10)14;1-19-10-6-8(4-5-13-10)12(18)14-7-9(15)2-3-11(16)17;1-17-10-6-7(4-5-13-10)11-15-14-9(18-11)3-2-8(12)16/h2-13H,1H3;1-7H,15H2,(H,17,18);2-6H,7H2,1H3,(H,14,18)(H,16,17);2-6H,1H3/b9-8+;;3-2-;3-2+. The monoisotopic (exact) mass is 1300 g/mol. The molecule has 0 saturated carbocycles. The Kier molecular flexibility index (Phi) is 24.7. The van der Waals surface area contributed by atoms with Crippen LogP contribution in [0.15, 0.2) is 172 Å². The van der Waals surface area contributed by atoms with Gasteiger partial charge in [0.1, 0.15) is 11.4 Å². The number of carboxylic acids is 1. The number of halogens is 5. The molecule has 0 atom stereocenters. The first-order chi connectivity index (χ1) is 43.0. The number of aliphatic carboxylic acids is 1. The van der Waals surface area contributed by atoms with Gasteiger partial charge in [-0.15, -0.1) is 30.6 Å². The summed E-state index contributed by atoms with van der Waals surface area (Å²) in [5.74, 6) is 6.92. The highest BCUT2D eigenvalue weighted by Crippen LogP contribution is 2.29. The van der Waals surface area contributed by atoms with Gasteiger partial charge < -0.3 is 38.9 Å². The normalized spacial score (nSPS) is 11.0. The van der Waals surface area contributed by atoms with Gasteiger partial charge in [0.2, 0.25) is 46.4 Å². The second-order valence-electron chi connectivity index (χ2n) is 16.9. The minimum atomic E-state index is -1.22. The van der Waals surface area contributed by atoms with Crippen LogP contribution in [0.5, 0.6) is 17.6 Å². The van der Waals surface area contributed by atoms with E-state index in [-0.39, 0.29) is 24.2 Å². The van der Waals surface area contributed by atoms with Crippen LogP contribution >= 0.6 is 58.0 Å². The summed E-state index contributed by atoms with van der Waals surface area (Å²) < 4.78 is 27.9. The van der Waals surface area contributed by atoms with Crippen molar-refractivity contribution in [1.82, 2.24) is 70.8 Å². The van der Waals surface area contributed by atoms with E-state index in [9.17, 15) is 19.2 Å². The average Bonchev–Trinajstić information content (AvgIpc) is 2.16. The number of carbonyl (C=O) groups excluding carboxylic acids is 3. The Morgan fingerprint density at radius 3 is 1.78 bits per heavy atom. The maximum atomic E-state index is 11.7. The Morgan fingerprint density at radius 2 is 1.21 bits per heavy atom. The van der Waals surface area contributed by atoms with Crippen LogP contribution in [0.25, 0.3) is 58.3 Å². The molecule has 10 aromatic rings. The number of carbonyl (C=O) groups is 4. The van der Waals surface area contributed by atoms with Gasteiger partial charge in [-0.2, -0.15) is 0 Å². The summed E-state index contributed by atoms with van der Waals surface area (Å²) in [6.45, 7) is -0.284. The fraction of sp³-hybridized carbons (Fsp3) is 0.0690. The van der Waals surface area contributed by atoms with Crippen LogP contribution in [0.4, 0.5) is 5.69 Å². The molecular weight excluding hydrogens is 1260 g/mol. The van der Waals surface area contributed by atoms with Gasteiger partial charge in [-0.1, -0.05) is 70.7 Å². The molecule has 0 spiro atoms. The number of aliphatic imine (C=N–C) groups is 1. The van der Waals surface area contributed by atoms with E-state index < -0.39 is 22.9 Å². The first kappa shape index (κ1) is 65.9. The summed E-state index contributed by atoms with van der Waals surface area (Å²) >= 11 is 29.4. The number of nitrogens with zero attached hydrogens (tertiary/aromatic N) is 13. The summed E-state index contributed by atoms with van der Waals surface area (Å²) in [6, 6.07) is 31.2. The van der Waals surface area contributed by atoms with Crippen LogP contribution in [-0.4, -0.2) is 122 Å². The third-order valence-electron chi connectivity index (χ3n) is 11.0. The minimum absolute atomic E-state index is 0.190. The first-order valence-electron chi connectivity index (χ1n) is 25.2. The number of amidine groups is 1. The molecule has 1 amide bonds. The Labute approximate surface area is 529 Å². The van der Waals surface area contributed by atoms with E-state index in [1.54, 1.807) is 102 Å². The predicted molar refractivity (Wildman–Crippen MR) is 331 cm³/mol. The number of hydrazine groups is 1. The summed E-state index contributed by atoms with van der Waals surface area (Å²) in [5.41, 5.74) is 6.63. The molecule has 2 aromatic carbocycles. The van der Waals surface area contributed by atoms with E-state index in [0.717, 1.165) is 12.2 Å². The quantitative estimate of drug-likeness (QED) is 0.0155.